The molecule has 8 heteroatoms. The molecule has 17 heavy (non-hydrogen) atoms. The quantitative estimate of drug-likeness (QED) is 0.470. The third-order valence-corrected chi connectivity index (χ3v) is 3.27. The minimum absolute atomic E-state index is 0.0700. The summed E-state index contributed by atoms with van der Waals surface area (Å²) < 4.78 is 21.8. The van der Waals surface area contributed by atoms with Crippen LogP contribution in [0.5, 0.6) is 0 Å². The molecule has 1 aromatic heterocycles. The Morgan fingerprint density at radius 2 is 2.18 bits per heavy atom. The molecule has 0 aliphatic rings. The van der Waals surface area contributed by atoms with Gasteiger partial charge in [-0.1, -0.05) is 11.6 Å². The minimum atomic E-state index is -2.97. The van der Waals surface area contributed by atoms with Crippen LogP contribution in [0.2, 0.25) is 5.15 Å². The molecule has 0 amide bonds. The van der Waals surface area contributed by atoms with Gasteiger partial charge in [0.25, 0.3) is 0 Å². The van der Waals surface area contributed by atoms with Crippen LogP contribution in [0.1, 0.15) is 16.8 Å². The average Bonchev–Trinajstić information content (AvgIpc) is 2.23. The molecule has 6 nitrogen and oxygen atoms in total. The summed E-state index contributed by atoms with van der Waals surface area (Å²) in [5.41, 5.74) is 0.175. The molecule has 0 saturated carbocycles. The Kier molecular flexibility index (Phi) is 4.83. The van der Waals surface area contributed by atoms with Crippen molar-refractivity contribution in [3.05, 3.63) is 17.0 Å². The van der Waals surface area contributed by atoms with Crippen LogP contribution in [0.25, 0.3) is 0 Å². The molecule has 0 spiro atoms. The molecule has 1 heterocycles. The molecular formula is C9H12ClN3O3S. The summed E-state index contributed by atoms with van der Waals surface area (Å²) in [6.07, 6.45) is 3.39. The number of nitrogens with one attached hydrogen (secondary N) is 1. The maximum absolute atomic E-state index is 10.9. The van der Waals surface area contributed by atoms with E-state index < -0.39 is 9.84 Å². The molecule has 0 atom stereocenters. The largest absolute Gasteiger partial charge is 0.369 e. The number of anilines is 1. The van der Waals surface area contributed by atoms with Crippen molar-refractivity contribution in [3.8, 4) is 0 Å². The van der Waals surface area contributed by atoms with Gasteiger partial charge < -0.3 is 5.32 Å². The van der Waals surface area contributed by atoms with E-state index in [-0.39, 0.29) is 16.5 Å². The molecule has 0 bridgehead atoms. The zero-order valence-electron chi connectivity index (χ0n) is 9.18. The lowest BCUT2D eigenvalue weighted by molar-refractivity contribution is 0.112. The molecule has 0 fully saturated rings. The van der Waals surface area contributed by atoms with Crippen molar-refractivity contribution in [2.45, 2.75) is 6.42 Å². The van der Waals surface area contributed by atoms with Crippen LogP contribution in [0.4, 0.5) is 5.82 Å². The first-order valence-electron chi connectivity index (χ1n) is 4.81. The third kappa shape index (κ3) is 4.66. The summed E-state index contributed by atoms with van der Waals surface area (Å²) in [5.74, 6) is 0.392. The Morgan fingerprint density at radius 1 is 1.47 bits per heavy atom. The smallest absolute Gasteiger partial charge is 0.156 e. The second kappa shape index (κ2) is 5.92. The molecule has 0 unspecified atom stereocenters. The number of aromatic nitrogens is 2. The van der Waals surface area contributed by atoms with E-state index in [2.05, 4.69) is 15.3 Å². The number of hydrogen-bond acceptors (Lipinski definition) is 6. The molecule has 0 aromatic carbocycles. The molecular weight excluding hydrogens is 266 g/mol. The highest BCUT2D eigenvalue weighted by Gasteiger charge is 2.08. The van der Waals surface area contributed by atoms with Crippen molar-refractivity contribution in [1.29, 1.82) is 0 Å². The van der Waals surface area contributed by atoms with Gasteiger partial charge in [-0.3, -0.25) is 4.79 Å². The molecule has 1 aromatic rings. The van der Waals surface area contributed by atoms with E-state index in [1.165, 1.54) is 12.6 Å². The first-order valence-corrected chi connectivity index (χ1v) is 7.25. The predicted molar refractivity (Wildman–Crippen MR) is 65.2 cm³/mol. The van der Waals surface area contributed by atoms with Crippen LogP contribution in [0.15, 0.2) is 6.33 Å². The fourth-order valence-corrected chi connectivity index (χ4v) is 2.01. The molecule has 1 N–H and O–H groups in total. The van der Waals surface area contributed by atoms with E-state index in [1.54, 1.807) is 0 Å². The number of aldehydes is 1. The van der Waals surface area contributed by atoms with Crippen molar-refractivity contribution in [2.24, 2.45) is 0 Å². The van der Waals surface area contributed by atoms with E-state index in [9.17, 15) is 13.2 Å². The monoisotopic (exact) mass is 277 g/mol. The fourth-order valence-electron chi connectivity index (χ4n) is 1.16. The van der Waals surface area contributed by atoms with Gasteiger partial charge in [-0.25, -0.2) is 18.4 Å². The second-order valence-electron chi connectivity index (χ2n) is 3.45. The topological polar surface area (TPSA) is 89.0 Å². The predicted octanol–water partition coefficient (Wildman–Crippen LogP) is 0.789. The summed E-state index contributed by atoms with van der Waals surface area (Å²) in [5, 5.41) is 2.92. The Morgan fingerprint density at radius 3 is 2.76 bits per heavy atom. The Labute approximate surface area is 104 Å². The summed E-state index contributed by atoms with van der Waals surface area (Å²) in [6, 6.07) is 0. The van der Waals surface area contributed by atoms with Crippen LogP contribution in [0, 0.1) is 0 Å². The van der Waals surface area contributed by atoms with Gasteiger partial charge in [-0.2, -0.15) is 0 Å². The van der Waals surface area contributed by atoms with Gasteiger partial charge >= 0.3 is 0 Å². The summed E-state index contributed by atoms with van der Waals surface area (Å²) in [6.45, 7) is 0.390. The van der Waals surface area contributed by atoms with Crippen LogP contribution in [-0.4, -0.2) is 43.2 Å². The summed E-state index contributed by atoms with van der Waals surface area (Å²) in [4.78, 5) is 18.3. The third-order valence-electron chi connectivity index (χ3n) is 1.94. The highest BCUT2D eigenvalue weighted by atomic mass is 35.5. The number of sulfone groups is 1. The van der Waals surface area contributed by atoms with E-state index in [4.69, 9.17) is 11.6 Å². The van der Waals surface area contributed by atoms with E-state index >= 15 is 0 Å². The molecule has 94 valence electrons. The Hall–Kier alpha value is -1.21. The van der Waals surface area contributed by atoms with Gasteiger partial charge in [0.05, 0.1) is 11.3 Å². The van der Waals surface area contributed by atoms with Crippen molar-refractivity contribution in [1.82, 2.24) is 9.97 Å². The van der Waals surface area contributed by atoms with Gasteiger partial charge in [-0.05, 0) is 6.42 Å². The highest BCUT2D eigenvalue weighted by Crippen LogP contribution is 2.16. The van der Waals surface area contributed by atoms with Crippen LogP contribution in [0.3, 0.4) is 0 Å². The summed E-state index contributed by atoms with van der Waals surface area (Å²) in [7, 11) is -2.97. The van der Waals surface area contributed by atoms with Gasteiger partial charge in [0, 0.05) is 12.8 Å². The van der Waals surface area contributed by atoms with Gasteiger partial charge in [0.2, 0.25) is 0 Å². The Balaban J connectivity index is 2.58. The average molecular weight is 278 g/mol. The molecule has 0 aliphatic heterocycles. The minimum Gasteiger partial charge on any atom is -0.369 e. The summed E-state index contributed by atoms with van der Waals surface area (Å²) >= 11 is 5.70. The number of rotatable bonds is 6. The number of nitrogens with zero attached hydrogens (tertiary/aromatic N) is 2. The standard InChI is InChI=1S/C9H12ClN3O3S/c1-17(15,16)4-2-3-11-9-7(5-14)8(10)12-6-13-9/h5-6H,2-4H2,1H3,(H,11,12,13). The molecule has 1 rings (SSSR count). The first-order chi connectivity index (χ1) is 7.94. The maximum Gasteiger partial charge on any atom is 0.156 e. The highest BCUT2D eigenvalue weighted by molar-refractivity contribution is 7.90. The van der Waals surface area contributed by atoms with Gasteiger partial charge in [-0.15, -0.1) is 0 Å². The van der Waals surface area contributed by atoms with Crippen LogP contribution in [-0.2, 0) is 9.84 Å². The van der Waals surface area contributed by atoms with Crippen molar-refractivity contribution in [2.75, 3.05) is 23.9 Å². The van der Waals surface area contributed by atoms with Crippen molar-refractivity contribution in [3.63, 3.8) is 0 Å². The number of halogens is 1. The van der Waals surface area contributed by atoms with E-state index in [0.717, 1.165) is 0 Å². The molecule has 0 saturated heterocycles. The molecule has 0 radical (unpaired) electrons. The van der Waals surface area contributed by atoms with Crippen molar-refractivity contribution >= 4 is 33.5 Å². The fraction of sp³-hybridized carbons (Fsp3) is 0.444. The maximum atomic E-state index is 10.9. The second-order valence-corrected chi connectivity index (χ2v) is 6.07. The van der Waals surface area contributed by atoms with Gasteiger partial charge in [0.15, 0.2) is 6.29 Å². The number of carbonyl (C=O) groups is 1. The lowest BCUT2D eigenvalue weighted by Gasteiger charge is -2.07. The van der Waals surface area contributed by atoms with Crippen LogP contribution < -0.4 is 5.32 Å². The van der Waals surface area contributed by atoms with E-state index in [1.807, 2.05) is 0 Å². The lowest BCUT2D eigenvalue weighted by Crippen LogP contribution is -2.12. The number of carbonyl (C=O) groups excluding carboxylic acids is 1. The van der Waals surface area contributed by atoms with Crippen molar-refractivity contribution < 1.29 is 13.2 Å². The van der Waals surface area contributed by atoms with Crippen LogP contribution >= 0.6 is 11.6 Å². The first kappa shape index (κ1) is 13.9. The Bertz CT molecular complexity index is 504. The van der Waals surface area contributed by atoms with Gasteiger partial charge in [0.1, 0.15) is 27.1 Å². The molecule has 0 aliphatic carbocycles. The normalized spacial score (nSPS) is 11.2. The SMILES string of the molecule is CS(=O)(=O)CCCNc1ncnc(Cl)c1C=O. The zero-order chi connectivity index (χ0) is 12.9. The lowest BCUT2D eigenvalue weighted by atomic mass is 10.3. The van der Waals surface area contributed by atoms with E-state index in [0.29, 0.717) is 25.1 Å². The zero-order valence-corrected chi connectivity index (χ0v) is 10.8. The number of hydrogen-bond donors (Lipinski definition) is 1.